The normalized spacial score (nSPS) is 15.8. The summed E-state index contributed by atoms with van der Waals surface area (Å²) in [5.74, 6) is -1.47. The van der Waals surface area contributed by atoms with E-state index in [1.54, 1.807) is 11.9 Å². The lowest BCUT2D eigenvalue weighted by atomic mass is 10.3. The lowest BCUT2D eigenvalue weighted by molar-refractivity contribution is -0.198. The van der Waals surface area contributed by atoms with Crippen LogP contribution in [0.3, 0.4) is 0 Å². The van der Waals surface area contributed by atoms with Crippen molar-refractivity contribution in [3.63, 3.8) is 0 Å². The van der Waals surface area contributed by atoms with E-state index in [1.165, 1.54) is 0 Å². The Kier molecular flexibility index (Phi) is 5.09. The summed E-state index contributed by atoms with van der Waals surface area (Å²) < 4.78 is 0. The monoisotopic (exact) mass is 242 g/mol. The highest BCUT2D eigenvalue weighted by molar-refractivity contribution is 6.01. The van der Waals surface area contributed by atoms with Crippen molar-refractivity contribution in [3.8, 4) is 0 Å². The minimum Gasteiger partial charge on any atom is -0.329 e. The third-order valence-corrected chi connectivity index (χ3v) is 2.49. The number of carbonyl (C=O) groups excluding carboxylic acids is 3. The Bertz CT molecular complexity index is 301. The minimum atomic E-state index is -0.577. The second-order valence-corrected chi connectivity index (χ2v) is 4.14. The van der Waals surface area contributed by atoms with E-state index in [0.717, 1.165) is 19.4 Å². The van der Waals surface area contributed by atoms with Crippen LogP contribution in [0.2, 0.25) is 0 Å². The summed E-state index contributed by atoms with van der Waals surface area (Å²) in [6.07, 6.45) is 2.28. The quantitative estimate of drug-likeness (QED) is 0.628. The van der Waals surface area contributed by atoms with E-state index in [9.17, 15) is 14.4 Å². The number of nitrogens with zero attached hydrogens (tertiary/aromatic N) is 2. The summed E-state index contributed by atoms with van der Waals surface area (Å²) in [7, 11) is 1.80. The number of imide groups is 1. The van der Waals surface area contributed by atoms with Gasteiger partial charge >= 0.3 is 5.97 Å². The molecule has 6 nitrogen and oxygen atoms in total. The topological polar surface area (TPSA) is 66.9 Å². The average molecular weight is 242 g/mol. The van der Waals surface area contributed by atoms with Gasteiger partial charge in [-0.25, -0.2) is 4.79 Å². The molecule has 0 aromatic rings. The van der Waals surface area contributed by atoms with Gasteiger partial charge in [-0.2, -0.15) is 0 Å². The van der Waals surface area contributed by atoms with Crippen LogP contribution in [0.25, 0.3) is 0 Å². The molecule has 0 aromatic carbocycles. The van der Waals surface area contributed by atoms with Crippen molar-refractivity contribution in [2.45, 2.75) is 32.6 Å². The Morgan fingerprint density at radius 1 is 1.35 bits per heavy atom. The molecule has 96 valence electrons. The third kappa shape index (κ3) is 4.14. The summed E-state index contributed by atoms with van der Waals surface area (Å²) in [5.41, 5.74) is 0. The summed E-state index contributed by atoms with van der Waals surface area (Å²) in [5, 5.41) is 0.579. The Hall–Kier alpha value is -1.43. The first-order chi connectivity index (χ1) is 8.04. The first kappa shape index (κ1) is 13.6. The van der Waals surface area contributed by atoms with E-state index in [0.29, 0.717) is 5.06 Å². The van der Waals surface area contributed by atoms with Gasteiger partial charge in [-0.1, -0.05) is 13.3 Å². The van der Waals surface area contributed by atoms with Crippen molar-refractivity contribution in [2.75, 3.05) is 20.1 Å². The average Bonchev–Trinajstić information content (AvgIpc) is 2.58. The molecule has 1 fully saturated rings. The second kappa shape index (κ2) is 6.34. The van der Waals surface area contributed by atoms with E-state index in [-0.39, 0.29) is 19.4 Å². The number of hydroxylamine groups is 2. The van der Waals surface area contributed by atoms with Crippen molar-refractivity contribution in [1.82, 2.24) is 9.96 Å². The molecular formula is C11H18N2O4. The first-order valence-corrected chi connectivity index (χ1v) is 5.79. The summed E-state index contributed by atoms with van der Waals surface area (Å²) in [6.45, 7) is 2.93. The van der Waals surface area contributed by atoms with E-state index in [4.69, 9.17) is 4.84 Å². The largest absolute Gasteiger partial charge is 0.347 e. The highest BCUT2D eigenvalue weighted by Crippen LogP contribution is 2.12. The van der Waals surface area contributed by atoms with Gasteiger partial charge in [0.1, 0.15) is 0 Å². The Morgan fingerprint density at radius 3 is 2.47 bits per heavy atom. The van der Waals surface area contributed by atoms with Gasteiger partial charge in [0.15, 0.2) is 0 Å². The highest BCUT2D eigenvalue weighted by atomic mass is 16.7. The number of carbonyl (C=O) groups is 3. The van der Waals surface area contributed by atoms with Gasteiger partial charge < -0.3 is 4.84 Å². The molecular weight excluding hydrogens is 224 g/mol. The summed E-state index contributed by atoms with van der Waals surface area (Å²) in [6, 6.07) is 0. The molecule has 1 heterocycles. The van der Waals surface area contributed by atoms with E-state index < -0.39 is 17.8 Å². The fourth-order valence-electron chi connectivity index (χ4n) is 1.52. The maximum atomic E-state index is 11.5. The van der Waals surface area contributed by atoms with Gasteiger partial charge in [0, 0.05) is 12.8 Å². The summed E-state index contributed by atoms with van der Waals surface area (Å²) >= 11 is 0. The van der Waals surface area contributed by atoms with Crippen LogP contribution in [0.5, 0.6) is 0 Å². The van der Waals surface area contributed by atoms with Gasteiger partial charge in [0.05, 0.1) is 6.54 Å². The number of unbranched alkanes of at least 4 members (excludes halogenated alkanes) is 1. The molecule has 0 unspecified atom stereocenters. The van der Waals surface area contributed by atoms with Crippen molar-refractivity contribution >= 4 is 17.8 Å². The molecule has 0 spiro atoms. The lowest BCUT2D eigenvalue weighted by Crippen LogP contribution is -2.36. The Labute approximate surface area is 100 Å². The molecule has 0 aliphatic carbocycles. The fraction of sp³-hybridized carbons (Fsp3) is 0.727. The maximum absolute atomic E-state index is 11.5. The molecule has 2 amide bonds. The van der Waals surface area contributed by atoms with Crippen LogP contribution in [0.15, 0.2) is 0 Å². The molecule has 1 aliphatic rings. The zero-order valence-corrected chi connectivity index (χ0v) is 10.3. The predicted molar refractivity (Wildman–Crippen MR) is 59.6 cm³/mol. The molecule has 0 N–H and O–H groups in total. The Balaban J connectivity index is 2.34. The number of likely N-dealkylation sites (N-methyl/N-ethyl adjacent to an activating group) is 1. The first-order valence-electron chi connectivity index (χ1n) is 5.79. The molecule has 0 radical (unpaired) electrons. The number of rotatable bonds is 6. The molecule has 0 aromatic heterocycles. The van der Waals surface area contributed by atoms with Crippen LogP contribution in [-0.2, 0) is 19.2 Å². The smallest absolute Gasteiger partial charge is 0.329 e. The van der Waals surface area contributed by atoms with Crippen LogP contribution < -0.4 is 0 Å². The van der Waals surface area contributed by atoms with Gasteiger partial charge in [0.2, 0.25) is 0 Å². The maximum Gasteiger partial charge on any atom is 0.347 e. The van der Waals surface area contributed by atoms with Crippen LogP contribution in [0, 0.1) is 0 Å². The van der Waals surface area contributed by atoms with Gasteiger partial charge in [-0.15, -0.1) is 5.06 Å². The van der Waals surface area contributed by atoms with Gasteiger partial charge in [0.25, 0.3) is 11.8 Å². The van der Waals surface area contributed by atoms with Gasteiger partial charge in [-0.3, -0.25) is 14.5 Å². The molecule has 0 atom stereocenters. The molecule has 0 bridgehead atoms. The van der Waals surface area contributed by atoms with Crippen LogP contribution in [-0.4, -0.2) is 47.9 Å². The lowest BCUT2D eigenvalue weighted by Gasteiger charge is -2.17. The van der Waals surface area contributed by atoms with Crippen molar-refractivity contribution in [1.29, 1.82) is 0 Å². The minimum absolute atomic E-state index is 0.0804. The molecule has 17 heavy (non-hydrogen) atoms. The number of hydrogen-bond donors (Lipinski definition) is 0. The molecule has 6 heteroatoms. The second-order valence-electron chi connectivity index (χ2n) is 4.14. The molecule has 1 rings (SSSR count). The third-order valence-electron chi connectivity index (χ3n) is 2.49. The van der Waals surface area contributed by atoms with E-state index in [2.05, 4.69) is 6.92 Å². The fourth-order valence-corrected chi connectivity index (χ4v) is 1.52. The zero-order valence-electron chi connectivity index (χ0n) is 10.3. The van der Waals surface area contributed by atoms with Crippen LogP contribution in [0.1, 0.15) is 32.6 Å². The van der Waals surface area contributed by atoms with Gasteiger partial charge in [-0.05, 0) is 20.0 Å². The van der Waals surface area contributed by atoms with E-state index >= 15 is 0 Å². The number of hydrogen-bond acceptors (Lipinski definition) is 5. The molecule has 1 saturated heterocycles. The van der Waals surface area contributed by atoms with Crippen molar-refractivity contribution in [2.24, 2.45) is 0 Å². The van der Waals surface area contributed by atoms with E-state index in [1.807, 2.05) is 0 Å². The Morgan fingerprint density at radius 2 is 1.94 bits per heavy atom. The molecule has 1 aliphatic heterocycles. The SMILES string of the molecule is CCCCN(C)CC(=O)ON1C(=O)CCC1=O. The predicted octanol–water partition coefficient (Wildman–Crippen LogP) is 0.325. The van der Waals surface area contributed by atoms with Crippen LogP contribution >= 0.6 is 0 Å². The zero-order chi connectivity index (χ0) is 12.8. The van der Waals surface area contributed by atoms with Crippen LogP contribution in [0.4, 0.5) is 0 Å². The standard InChI is InChI=1S/C11H18N2O4/c1-3-4-7-12(2)8-11(16)17-13-9(14)5-6-10(13)15/h3-8H2,1-2H3. The highest BCUT2D eigenvalue weighted by Gasteiger charge is 2.32. The van der Waals surface area contributed by atoms with Crippen molar-refractivity contribution < 1.29 is 19.2 Å². The van der Waals surface area contributed by atoms with Crippen molar-refractivity contribution in [3.05, 3.63) is 0 Å². The number of amides is 2. The summed E-state index contributed by atoms with van der Waals surface area (Å²) in [4.78, 5) is 40.4. The molecule has 0 saturated carbocycles.